The molecule has 2 aromatic rings. The van der Waals surface area contributed by atoms with Crippen LogP contribution in [0.15, 0.2) is 48.5 Å². The van der Waals surface area contributed by atoms with E-state index in [9.17, 15) is 9.59 Å². The Morgan fingerprint density at radius 1 is 1.13 bits per heavy atom. The first-order valence-corrected chi connectivity index (χ1v) is 10.6. The molecule has 1 unspecified atom stereocenters. The Hall–Kier alpha value is -3.44. The lowest BCUT2D eigenvalue weighted by molar-refractivity contribution is -0.132. The summed E-state index contributed by atoms with van der Waals surface area (Å²) >= 11 is 1.53. The van der Waals surface area contributed by atoms with Crippen molar-refractivity contribution in [3.63, 3.8) is 0 Å². The monoisotopic (exact) mass is 421 g/mol. The van der Waals surface area contributed by atoms with Crippen LogP contribution in [0.25, 0.3) is 6.08 Å². The van der Waals surface area contributed by atoms with Gasteiger partial charge in [-0.3, -0.25) is 9.59 Å². The number of ether oxygens (including phenoxy) is 2. The number of fused-ring (bicyclic) bond motifs is 1. The Bertz CT molecular complexity index is 1030. The standard InChI is InChI=1S/C22H19N3O4S/c23-12-16-1-5-17(6-2-16)24-22(27)18-13-30-14-25(18)21(26)8-4-15-3-7-19-20(11-15)29-10-9-28-19/h1-8,11,18H,9-10,13-14H2,(H,24,27)/b8-4+. The maximum absolute atomic E-state index is 12.7. The van der Waals surface area contributed by atoms with Crippen molar-refractivity contribution in [3.05, 3.63) is 59.7 Å². The van der Waals surface area contributed by atoms with Crippen LogP contribution >= 0.6 is 11.8 Å². The summed E-state index contributed by atoms with van der Waals surface area (Å²) in [4.78, 5) is 26.9. The Kier molecular flexibility index (Phi) is 5.91. The van der Waals surface area contributed by atoms with Crippen LogP contribution in [0.3, 0.4) is 0 Å². The van der Waals surface area contributed by atoms with E-state index in [4.69, 9.17) is 14.7 Å². The van der Waals surface area contributed by atoms with Crippen molar-refractivity contribution in [1.82, 2.24) is 4.90 Å². The van der Waals surface area contributed by atoms with E-state index >= 15 is 0 Å². The Balaban J connectivity index is 1.41. The van der Waals surface area contributed by atoms with Crippen molar-refractivity contribution in [2.75, 3.05) is 30.2 Å². The highest BCUT2D eigenvalue weighted by Gasteiger charge is 2.33. The summed E-state index contributed by atoms with van der Waals surface area (Å²) < 4.78 is 11.1. The number of nitrogens with one attached hydrogen (secondary N) is 1. The van der Waals surface area contributed by atoms with E-state index in [0.29, 0.717) is 47.6 Å². The quantitative estimate of drug-likeness (QED) is 0.764. The van der Waals surface area contributed by atoms with Crippen molar-refractivity contribution in [2.24, 2.45) is 0 Å². The van der Waals surface area contributed by atoms with Crippen LogP contribution in [0.2, 0.25) is 0 Å². The lowest BCUT2D eigenvalue weighted by Gasteiger charge is -2.22. The number of hydrogen-bond donors (Lipinski definition) is 1. The molecule has 0 aromatic heterocycles. The number of hydrogen-bond acceptors (Lipinski definition) is 6. The van der Waals surface area contributed by atoms with E-state index < -0.39 is 6.04 Å². The molecule has 4 rings (SSSR count). The van der Waals surface area contributed by atoms with Gasteiger partial charge in [0, 0.05) is 17.5 Å². The zero-order valence-corrected chi connectivity index (χ0v) is 16.9. The summed E-state index contributed by atoms with van der Waals surface area (Å²) in [5.41, 5.74) is 1.93. The molecule has 0 radical (unpaired) electrons. The van der Waals surface area contributed by atoms with Crippen molar-refractivity contribution in [1.29, 1.82) is 5.26 Å². The number of benzene rings is 2. The van der Waals surface area contributed by atoms with Gasteiger partial charge in [-0.25, -0.2) is 0 Å². The molecular formula is C22H19N3O4S. The highest BCUT2D eigenvalue weighted by molar-refractivity contribution is 7.99. The molecule has 152 valence electrons. The average molecular weight is 421 g/mol. The summed E-state index contributed by atoms with van der Waals surface area (Å²) in [5.74, 6) is 1.87. The number of thioether (sulfide) groups is 1. The average Bonchev–Trinajstić information content (AvgIpc) is 3.28. The van der Waals surface area contributed by atoms with Crippen molar-refractivity contribution < 1.29 is 19.1 Å². The lowest BCUT2D eigenvalue weighted by Crippen LogP contribution is -2.43. The van der Waals surface area contributed by atoms with E-state index in [1.165, 1.54) is 17.8 Å². The fraction of sp³-hybridized carbons (Fsp3) is 0.227. The first kappa shape index (κ1) is 19.9. The minimum absolute atomic E-state index is 0.227. The lowest BCUT2D eigenvalue weighted by atomic mass is 10.1. The zero-order valence-electron chi connectivity index (χ0n) is 16.0. The highest BCUT2D eigenvalue weighted by atomic mass is 32.2. The molecule has 1 N–H and O–H groups in total. The van der Waals surface area contributed by atoms with Crippen molar-refractivity contribution >= 4 is 35.3 Å². The van der Waals surface area contributed by atoms with Crippen LogP contribution in [0.4, 0.5) is 5.69 Å². The summed E-state index contributed by atoms with van der Waals surface area (Å²) in [6, 6.07) is 13.6. The van der Waals surface area contributed by atoms with Crippen LogP contribution in [0, 0.1) is 11.3 Å². The fourth-order valence-electron chi connectivity index (χ4n) is 3.16. The fourth-order valence-corrected chi connectivity index (χ4v) is 4.32. The summed E-state index contributed by atoms with van der Waals surface area (Å²) in [5, 5.41) is 11.7. The van der Waals surface area contributed by atoms with E-state index in [-0.39, 0.29) is 11.8 Å². The molecule has 8 heteroatoms. The van der Waals surface area contributed by atoms with E-state index in [1.54, 1.807) is 35.2 Å². The maximum Gasteiger partial charge on any atom is 0.248 e. The Labute approximate surface area is 178 Å². The summed E-state index contributed by atoms with van der Waals surface area (Å²) in [6.07, 6.45) is 3.18. The maximum atomic E-state index is 12.7. The van der Waals surface area contributed by atoms with Gasteiger partial charge < -0.3 is 19.7 Å². The predicted octanol–water partition coefficient (Wildman–Crippen LogP) is 2.88. The topological polar surface area (TPSA) is 91.7 Å². The smallest absolute Gasteiger partial charge is 0.248 e. The molecule has 7 nitrogen and oxygen atoms in total. The number of anilines is 1. The van der Waals surface area contributed by atoms with Gasteiger partial charge in [-0.2, -0.15) is 5.26 Å². The van der Waals surface area contributed by atoms with Crippen LogP contribution in [-0.2, 0) is 9.59 Å². The van der Waals surface area contributed by atoms with Gasteiger partial charge in [0.05, 0.1) is 17.5 Å². The van der Waals surface area contributed by atoms with Gasteiger partial charge in [-0.15, -0.1) is 11.8 Å². The number of nitriles is 1. The van der Waals surface area contributed by atoms with Gasteiger partial charge >= 0.3 is 0 Å². The molecule has 2 amide bonds. The molecule has 0 saturated carbocycles. The SMILES string of the molecule is N#Cc1ccc(NC(=O)C2CSCN2C(=O)/C=C/c2ccc3c(c2)OCCO3)cc1. The largest absolute Gasteiger partial charge is 0.486 e. The molecule has 1 fully saturated rings. The second-order valence-electron chi connectivity index (χ2n) is 6.74. The van der Waals surface area contributed by atoms with Gasteiger partial charge in [0.15, 0.2) is 11.5 Å². The van der Waals surface area contributed by atoms with Crippen molar-refractivity contribution in [2.45, 2.75) is 6.04 Å². The minimum Gasteiger partial charge on any atom is -0.486 e. The van der Waals surface area contributed by atoms with Crippen molar-refractivity contribution in [3.8, 4) is 17.6 Å². The molecular weight excluding hydrogens is 402 g/mol. The van der Waals surface area contributed by atoms with Crippen LogP contribution in [0.5, 0.6) is 11.5 Å². The molecule has 0 spiro atoms. The molecule has 1 saturated heterocycles. The predicted molar refractivity (Wildman–Crippen MR) is 114 cm³/mol. The zero-order chi connectivity index (χ0) is 20.9. The molecule has 1 atom stereocenters. The number of carbonyl (C=O) groups is 2. The molecule has 2 aliphatic rings. The third kappa shape index (κ3) is 4.42. The second kappa shape index (κ2) is 8.93. The minimum atomic E-state index is -0.553. The molecule has 2 aliphatic heterocycles. The van der Waals surface area contributed by atoms with E-state index in [1.807, 2.05) is 24.3 Å². The van der Waals surface area contributed by atoms with Crippen LogP contribution < -0.4 is 14.8 Å². The van der Waals surface area contributed by atoms with Gasteiger partial charge in [-0.1, -0.05) is 6.07 Å². The third-order valence-electron chi connectivity index (χ3n) is 4.73. The normalized spacial score (nSPS) is 17.6. The highest BCUT2D eigenvalue weighted by Crippen LogP contribution is 2.31. The van der Waals surface area contributed by atoms with Gasteiger partial charge in [0.2, 0.25) is 11.8 Å². The van der Waals surface area contributed by atoms with Gasteiger partial charge in [-0.05, 0) is 48.0 Å². The summed E-state index contributed by atoms with van der Waals surface area (Å²) in [6.45, 7) is 1.03. The Morgan fingerprint density at radius 3 is 2.67 bits per heavy atom. The Morgan fingerprint density at radius 2 is 1.90 bits per heavy atom. The molecule has 2 heterocycles. The van der Waals surface area contributed by atoms with Crippen LogP contribution in [-0.4, -0.2) is 47.6 Å². The molecule has 0 aliphatic carbocycles. The summed E-state index contributed by atoms with van der Waals surface area (Å²) in [7, 11) is 0. The number of nitrogens with zero attached hydrogens (tertiary/aromatic N) is 2. The molecule has 2 aromatic carbocycles. The second-order valence-corrected chi connectivity index (χ2v) is 7.74. The molecule has 0 bridgehead atoms. The van der Waals surface area contributed by atoms with E-state index in [0.717, 1.165) is 5.56 Å². The first-order chi connectivity index (χ1) is 14.6. The van der Waals surface area contributed by atoms with E-state index in [2.05, 4.69) is 5.32 Å². The van der Waals surface area contributed by atoms with Gasteiger partial charge in [0.1, 0.15) is 19.3 Å². The number of rotatable bonds is 4. The number of amides is 2. The van der Waals surface area contributed by atoms with Gasteiger partial charge in [0.25, 0.3) is 0 Å². The van der Waals surface area contributed by atoms with Crippen LogP contribution in [0.1, 0.15) is 11.1 Å². The number of carbonyl (C=O) groups excluding carboxylic acids is 2. The first-order valence-electron chi connectivity index (χ1n) is 9.41. The molecule has 30 heavy (non-hydrogen) atoms. The third-order valence-corrected chi connectivity index (χ3v) is 5.75.